The number of benzene rings is 4. The minimum absolute atomic E-state index is 0.0254. The summed E-state index contributed by atoms with van der Waals surface area (Å²) in [4.78, 5) is 117. The molecule has 0 spiro atoms. The van der Waals surface area contributed by atoms with Gasteiger partial charge in [0.2, 0.25) is 47.3 Å². The van der Waals surface area contributed by atoms with Crippen LogP contribution in [0.1, 0.15) is 100 Å². The third-order valence-electron chi connectivity index (χ3n) is 14.7. The number of thiol groups is 2. The number of nitrogens with two attached hydrogens (primary N) is 1. The number of aromatic hydroxyl groups is 1. The first-order valence-corrected chi connectivity index (χ1v) is 29.3. The molecule has 1 aliphatic heterocycles. The molecule has 0 saturated carbocycles. The third kappa shape index (κ3) is 19.6. The molecule has 19 nitrogen and oxygen atoms in total. The standard InChI is InChI=1S/C61H74F6N10O9S2/c1-6-7-17-44(73-53(82)45(28-34-14-9-8-10-15-34)72-48(79)33-71-55(84)49(58(2,3)87)75-51(80)42(68)27-35-20-22-40(78)23-21-35)57(86)77-24-13-19-47(77)54(83)76-50(59(4,5)88)56(85)74-46(29-37-32-69-43-18-12-11-16-41(37)43)52(81)70-31-36-25-38(60(62,63)64)30-39(26-36)61(65,66)67/h8-12,14-16,18,20-23,25-26,30,32,42,44-47,49-50,69,78,87-88H,6-7,13,17,19,24,27-29,31,33,68H2,1-5H3,(H,70,81)(H,71,84)(H,72,79)(H,73,82)(H,74,85)(H,75,80)(H,76,83)/t42-,44-,45-,46-,47-,49-,50-/m0/s1. The molecule has 1 aromatic heterocycles. The Hall–Kier alpha value is -7.78. The van der Waals surface area contributed by atoms with E-state index in [1.165, 1.54) is 30.9 Å². The average molecular weight is 1270 g/mol. The number of alkyl halides is 6. The molecular formula is C61H74F6N10O9S2. The number of phenolic OH excluding ortho intramolecular Hbond substituents is 1. The number of hydrogen-bond donors (Lipinski definition) is 12. The summed E-state index contributed by atoms with van der Waals surface area (Å²) >= 11 is 9.15. The molecule has 5 aromatic rings. The zero-order valence-electron chi connectivity index (χ0n) is 49.0. The van der Waals surface area contributed by atoms with E-state index < -0.39 is 141 Å². The number of carbonyl (C=O) groups is 8. The molecule has 4 aromatic carbocycles. The van der Waals surface area contributed by atoms with E-state index in [-0.39, 0.29) is 50.5 Å². The van der Waals surface area contributed by atoms with Crippen molar-refractivity contribution < 1.29 is 69.8 Å². The lowest BCUT2D eigenvalue weighted by molar-refractivity contribution is -0.143. The van der Waals surface area contributed by atoms with Gasteiger partial charge < -0.3 is 57.9 Å². The van der Waals surface area contributed by atoms with Crippen molar-refractivity contribution in [3.63, 3.8) is 0 Å². The second kappa shape index (κ2) is 29.9. The molecule has 11 N–H and O–H groups in total. The van der Waals surface area contributed by atoms with Crippen molar-refractivity contribution in [2.75, 3.05) is 13.1 Å². The van der Waals surface area contributed by atoms with Gasteiger partial charge in [-0.05, 0) is 112 Å². The van der Waals surface area contributed by atoms with Gasteiger partial charge in [-0.3, -0.25) is 38.4 Å². The van der Waals surface area contributed by atoms with Gasteiger partial charge in [0.15, 0.2) is 0 Å². The highest BCUT2D eigenvalue weighted by Crippen LogP contribution is 2.36. The van der Waals surface area contributed by atoms with E-state index in [1.54, 1.807) is 86.8 Å². The molecule has 1 fully saturated rings. The minimum atomic E-state index is -5.16. The number of phenols is 1. The monoisotopic (exact) mass is 1270 g/mol. The summed E-state index contributed by atoms with van der Waals surface area (Å²) in [5, 5.41) is 28.5. The van der Waals surface area contributed by atoms with Crippen molar-refractivity contribution in [1.82, 2.24) is 47.1 Å². The van der Waals surface area contributed by atoms with Crippen LogP contribution in [-0.4, -0.2) is 127 Å². The molecule has 0 bridgehead atoms. The van der Waals surface area contributed by atoms with Crippen LogP contribution in [0.3, 0.4) is 0 Å². The SMILES string of the molecule is CCCC[C@H](NC(=O)[C@H](Cc1ccccc1)NC(=O)CNC(=O)[C@H](NC(=O)[C@@H](N)Cc1ccc(O)cc1)C(C)(C)S)C(=O)N1CCC[C@H]1C(=O)N[C@@H](C(=O)N[C@@H](Cc1c[nH]c2ccccc12)C(=O)NCc1cc(C(F)(F)F)cc(C(F)(F)F)c1)C(C)(C)S. The minimum Gasteiger partial charge on any atom is -0.508 e. The number of carbonyl (C=O) groups excluding carboxylic acids is 8. The summed E-state index contributed by atoms with van der Waals surface area (Å²) in [6.45, 7) is 6.58. The second-order valence-corrected chi connectivity index (χ2v) is 25.2. The molecule has 476 valence electrons. The Balaban J connectivity index is 1.16. The molecule has 0 radical (unpaired) electrons. The Morgan fingerprint density at radius 3 is 1.84 bits per heavy atom. The number of para-hydroxylation sites is 1. The van der Waals surface area contributed by atoms with Crippen molar-refractivity contribution in [3.8, 4) is 5.75 Å². The largest absolute Gasteiger partial charge is 0.508 e. The Morgan fingerprint density at radius 2 is 1.23 bits per heavy atom. The zero-order valence-corrected chi connectivity index (χ0v) is 50.8. The average Bonchev–Trinajstić information content (AvgIpc) is 4.00. The van der Waals surface area contributed by atoms with E-state index in [0.717, 1.165) is 0 Å². The Morgan fingerprint density at radius 1 is 0.648 bits per heavy atom. The van der Waals surface area contributed by atoms with Gasteiger partial charge in [0.25, 0.3) is 0 Å². The van der Waals surface area contributed by atoms with Crippen LogP contribution in [0.25, 0.3) is 10.9 Å². The molecule has 1 saturated heterocycles. The summed E-state index contributed by atoms with van der Waals surface area (Å²) in [6.07, 6.45) is -7.43. The van der Waals surface area contributed by atoms with Gasteiger partial charge in [-0.15, -0.1) is 0 Å². The molecular weight excluding hydrogens is 1190 g/mol. The van der Waals surface area contributed by atoms with Crippen molar-refractivity contribution in [2.24, 2.45) is 5.73 Å². The highest BCUT2D eigenvalue weighted by atomic mass is 32.1. The van der Waals surface area contributed by atoms with Crippen molar-refractivity contribution in [3.05, 3.63) is 137 Å². The molecule has 0 aliphatic carbocycles. The van der Waals surface area contributed by atoms with Gasteiger partial charge in [0.05, 0.1) is 23.7 Å². The second-order valence-electron chi connectivity index (χ2n) is 22.8. The fraction of sp³-hybridized carbons (Fsp3) is 0.443. The van der Waals surface area contributed by atoms with Gasteiger partial charge >= 0.3 is 12.4 Å². The molecule has 0 unspecified atom stereocenters. The highest BCUT2D eigenvalue weighted by molar-refractivity contribution is 7.82. The fourth-order valence-corrected chi connectivity index (χ4v) is 10.4. The van der Waals surface area contributed by atoms with Gasteiger partial charge in [0, 0.05) is 52.5 Å². The lowest BCUT2D eigenvalue weighted by atomic mass is 9.99. The normalized spacial score (nSPS) is 15.8. The summed E-state index contributed by atoms with van der Waals surface area (Å²) in [6, 6.07) is 13.3. The van der Waals surface area contributed by atoms with Crippen molar-refractivity contribution in [2.45, 2.75) is 157 Å². The number of aromatic nitrogens is 1. The predicted molar refractivity (Wildman–Crippen MR) is 323 cm³/mol. The van der Waals surface area contributed by atoms with E-state index in [9.17, 15) is 69.8 Å². The number of nitrogens with zero attached hydrogens (tertiary/aromatic N) is 1. The lowest BCUT2D eigenvalue weighted by Crippen LogP contribution is -2.62. The predicted octanol–water partition coefficient (Wildman–Crippen LogP) is 5.72. The number of aromatic amines is 1. The van der Waals surface area contributed by atoms with E-state index in [0.29, 0.717) is 59.0 Å². The lowest BCUT2D eigenvalue weighted by Gasteiger charge is -2.34. The van der Waals surface area contributed by atoms with Crippen LogP contribution in [0.15, 0.2) is 103 Å². The molecule has 88 heavy (non-hydrogen) atoms. The van der Waals surface area contributed by atoms with Gasteiger partial charge in [-0.25, -0.2) is 0 Å². The van der Waals surface area contributed by atoms with Crippen molar-refractivity contribution in [1.29, 1.82) is 0 Å². The van der Waals surface area contributed by atoms with E-state index in [1.807, 2.05) is 6.92 Å². The number of rotatable bonds is 27. The number of nitrogens with one attached hydrogen (secondary N) is 8. The maximum Gasteiger partial charge on any atom is 0.416 e. The number of amides is 8. The Labute approximate surface area is 516 Å². The quantitative estimate of drug-likeness (QED) is 0.0224. The molecule has 7 atom stereocenters. The molecule has 27 heteroatoms. The van der Waals surface area contributed by atoms with E-state index >= 15 is 0 Å². The summed E-state index contributed by atoms with van der Waals surface area (Å²) < 4.78 is 80.0. The van der Waals surface area contributed by atoms with E-state index in [4.69, 9.17) is 5.73 Å². The third-order valence-corrected chi connectivity index (χ3v) is 15.3. The van der Waals surface area contributed by atoms with Gasteiger partial charge in [-0.1, -0.05) is 80.4 Å². The van der Waals surface area contributed by atoms with Crippen LogP contribution in [0.2, 0.25) is 0 Å². The highest BCUT2D eigenvalue weighted by Gasteiger charge is 2.43. The molecule has 8 amide bonds. The maximum absolute atomic E-state index is 14.7. The van der Waals surface area contributed by atoms with Gasteiger partial charge in [-0.2, -0.15) is 51.6 Å². The summed E-state index contributed by atoms with van der Waals surface area (Å²) in [7, 11) is 0. The first-order chi connectivity index (χ1) is 41.2. The first kappa shape index (κ1) is 69.3. The number of H-pyrrole nitrogens is 1. The number of likely N-dealkylation sites (tertiary alicyclic amines) is 1. The topological polar surface area (TPSA) is 286 Å². The summed E-state index contributed by atoms with van der Waals surface area (Å²) in [5.74, 6) is -6.43. The first-order valence-electron chi connectivity index (χ1n) is 28.5. The fourth-order valence-electron chi connectivity index (χ4n) is 10.0. The zero-order chi connectivity index (χ0) is 64.9. The Bertz CT molecular complexity index is 3250. The van der Waals surface area contributed by atoms with Crippen LogP contribution in [0.5, 0.6) is 5.75 Å². The smallest absolute Gasteiger partial charge is 0.416 e. The molecule has 1 aliphatic rings. The van der Waals surface area contributed by atoms with Gasteiger partial charge in [0.1, 0.15) is 42.0 Å². The number of fused-ring (bicyclic) bond motifs is 1. The number of hydrogen-bond acceptors (Lipinski definition) is 12. The Kier molecular flexibility index (Phi) is 23.6. The van der Waals surface area contributed by atoms with Crippen molar-refractivity contribution >= 4 is 83.4 Å². The van der Waals surface area contributed by atoms with Crippen LogP contribution in [0, 0.1) is 0 Å². The number of halogens is 6. The summed E-state index contributed by atoms with van der Waals surface area (Å²) in [5.41, 5.74) is 4.88. The number of unbranched alkanes of at least 4 members (excludes halogenated alkanes) is 1. The molecule has 6 rings (SSSR count). The van der Waals surface area contributed by atoms with Crippen LogP contribution in [0.4, 0.5) is 26.3 Å². The van der Waals surface area contributed by atoms with Crippen LogP contribution < -0.4 is 43.0 Å². The maximum atomic E-state index is 14.7. The van der Waals surface area contributed by atoms with E-state index in [2.05, 4.69) is 67.5 Å². The van der Waals surface area contributed by atoms with Crippen LogP contribution >= 0.6 is 25.3 Å². The molecule has 2 heterocycles. The van der Waals surface area contributed by atoms with Crippen LogP contribution in [-0.2, 0) is 76.5 Å².